The highest BCUT2D eigenvalue weighted by Crippen LogP contribution is 2.25. The summed E-state index contributed by atoms with van der Waals surface area (Å²) in [7, 11) is 0. The Bertz CT molecular complexity index is 457. The van der Waals surface area contributed by atoms with Crippen LogP contribution in [0.3, 0.4) is 0 Å². The molecule has 0 aliphatic heterocycles. The molecule has 1 aromatic heterocycles. The molecule has 0 amide bonds. The Morgan fingerprint density at radius 1 is 1.67 bits per heavy atom. The molecule has 1 aromatic rings. The van der Waals surface area contributed by atoms with Crippen molar-refractivity contribution < 1.29 is 18.7 Å². The number of aromatic nitrogens is 1. The van der Waals surface area contributed by atoms with E-state index < -0.39 is 34.4 Å². The number of halogens is 3. The van der Waals surface area contributed by atoms with Crippen LogP contribution in [0.2, 0.25) is 5.15 Å². The second-order valence-electron chi connectivity index (χ2n) is 2.48. The first kappa shape index (κ1) is 11.3. The van der Waals surface area contributed by atoms with E-state index in [0.29, 0.717) is 6.07 Å². The average Bonchev–Trinajstić information content (AvgIpc) is 2.16. The van der Waals surface area contributed by atoms with Gasteiger partial charge in [-0.15, -0.1) is 0 Å². The predicted octanol–water partition coefficient (Wildman–Crippen LogP) is 2.24. The summed E-state index contributed by atoms with van der Waals surface area (Å²) in [6.07, 6.45) is -2.97. The Kier molecular flexibility index (Phi) is 3.17. The lowest BCUT2D eigenvalue weighted by Gasteiger charge is -2.04. The first-order chi connectivity index (χ1) is 6.97. The lowest BCUT2D eigenvalue weighted by molar-refractivity contribution is 0.0696. The van der Waals surface area contributed by atoms with E-state index >= 15 is 0 Å². The molecule has 4 nitrogen and oxygen atoms in total. The number of carboxylic acid groups (broad SMARTS) is 1. The third-order valence-corrected chi connectivity index (χ3v) is 1.87. The molecule has 0 radical (unpaired) electrons. The Morgan fingerprint density at radius 3 is 2.67 bits per heavy atom. The molecule has 7 heteroatoms. The number of alkyl halides is 2. The molecule has 0 spiro atoms. The lowest BCUT2D eigenvalue weighted by Crippen LogP contribution is -2.04. The van der Waals surface area contributed by atoms with Crippen LogP contribution >= 0.6 is 11.6 Å². The van der Waals surface area contributed by atoms with E-state index in [4.69, 9.17) is 22.0 Å². The highest BCUT2D eigenvalue weighted by atomic mass is 35.5. The van der Waals surface area contributed by atoms with E-state index in [9.17, 15) is 13.6 Å². The molecule has 1 N–H and O–H groups in total. The highest BCUT2D eigenvalue weighted by Gasteiger charge is 2.20. The number of carboxylic acids is 1. The third-order valence-electron chi connectivity index (χ3n) is 1.58. The Hall–Kier alpha value is -1.74. The molecule has 0 saturated heterocycles. The minimum atomic E-state index is -2.97. The van der Waals surface area contributed by atoms with Crippen molar-refractivity contribution in [3.8, 4) is 6.07 Å². The molecule has 0 unspecified atom stereocenters. The smallest absolute Gasteiger partial charge is 0.338 e. The number of nitrogens with zero attached hydrogens (tertiary/aromatic N) is 2. The molecule has 0 atom stereocenters. The van der Waals surface area contributed by atoms with Gasteiger partial charge in [0.2, 0.25) is 0 Å². The number of nitriles is 1. The van der Waals surface area contributed by atoms with Gasteiger partial charge < -0.3 is 5.11 Å². The van der Waals surface area contributed by atoms with Gasteiger partial charge >= 0.3 is 5.97 Å². The molecule has 0 aromatic carbocycles. The number of hydrogen-bond acceptors (Lipinski definition) is 3. The highest BCUT2D eigenvalue weighted by molar-refractivity contribution is 6.32. The maximum Gasteiger partial charge on any atom is 0.338 e. The first-order valence-corrected chi connectivity index (χ1v) is 3.97. The minimum Gasteiger partial charge on any atom is -0.478 e. The van der Waals surface area contributed by atoms with E-state index in [1.54, 1.807) is 0 Å². The van der Waals surface area contributed by atoms with Crippen LogP contribution in [-0.2, 0) is 0 Å². The Balaban J connectivity index is 3.45. The maximum atomic E-state index is 12.4. The van der Waals surface area contributed by atoms with Gasteiger partial charge in [0.15, 0.2) is 5.69 Å². The topological polar surface area (TPSA) is 74.0 Å². The van der Waals surface area contributed by atoms with Gasteiger partial charge in [-0.25, -0.2) is 18.6 Å². The summed E-state index contributed by atoms with van der Waals surface area (Å²) >= 11 is 5.39. The molecule has 0 aliphatic carbocycles. The second kappa shape index (κ2) is 4.19. The van der Waals surface area contributed by atoms with Crippen molar-refractivity contribution in [1.82, 2.24) is 4.98 Å². The van der Waals surface area contributed by atoms with Gasteiger partial charge in [0.25, 0.3) is 6.43 Å². The van der Waals surface area contributed by atoms with Crippen molar-refractivity contribution in [1.29, 1.82) is 5.26 Å². The Labute approximate surface area is 87.7 Å². The fraction of sp³-hybridized carbons (Fsp3) is 0.125. The van der Waals surface area contributed by atoms with Gasteiger partial charge in [-0.2, -0.15) is 5.26 Å². The van der Waals surface area contributed by atoms with Crippen LogP contribution in [0.5, 0.6) is 0 Å². The van der Waals surface area contributed by atoms with E-state index in [2.05, 4.69) is 4.98 Å². The molecular weight excluding hydrogens is 230 g/mol. The fourth-order valence-corrected chi connectivity index (χ4v) is 1.13. The molecule has 1 rings (SSSR count). The molecule has 0 saturated carbocycles. The second-order valence-corrected chi connectivity index (χ2v) is 2.84. The van der Waals surface area contributed by atoms with Gasteiger partial charge in [-0.3, -0.25) is 0 Å². The number of hydrogen-bond donors (Lipinski definition) is 1. The summed E-state index contributed by atoms with van der Waals surface area (Å²) in [6, 6.07) is 2.07. The number of rotatable bonds is 2. The molecule has 0 bridgehead atoms. The molecule has 0 aliphatic rings. The number of pyridine rings is 1. The monoisotopic (exact) mass is 232 g/mol. The van der Waals surface area contributed by atoms with Crippen molar-refractivity contribution in [3.05, 3.63) is 28.0 Å². The molecule has 0 fully saturated rings. The summed E-state index contributed by atoms with van der Waals surface area (Å²) in [6.45, 7) is 0. The zero-order valence-corrected chi connectivity index (χ0v) is 7.79. The van der Waals surface area contributed by atoms with Gasteiger partial charge in [0.05, 0.1) is 11.1 Å². The van der Waals surface area contributed by atoms with Crippen molar-refractivity contribution in [2.24, 2.45) is 0 Å². The summed E-state index contributed by atoms with van der Waals surface area (Å²) < 4.78 is 24.7. The summed E-state index contributed by atoms with van der Waals surface area (Å²) in [5.74, 6) is -1.47. The quantitative estimate of drug-likeness (QED) is 0.794. The molecule has 1 heterocycles. The fourth-order valence-electron chi connectivity index (χ4n) is 0.912. The van der Waals surface area contributed by atoms with Crippen LogP contribution < -0.4 is 0 Å². The zero-order chi connectivity index (χ0) is 11.6. The van der Waals surface area contributed by atoms with Gasteiger partial charge in [0.1, 0.15) is 11.2 Å². The van der Waals surface area contributed by atoms with Crippen LogP contribution in [0.15, 0.2) is 6.07 Å². The van der Waals surface area contributed by atoms with Gasteiger partial charge in [-0.05, 0) is 6.07 Å². The maximum absolute atomic E-state index is 12.4. The van der Waals surface area contributed by atoms with Crippen LogP contribution in [0, 0.1) is 11.3 Å². The summed E-state index contributed by atoms with van der Waals surface area (Å²) in [5.41, 5.74) is -1.86. The molecule has 78 valence electrons. The SMILES string of the molecule is N#Cc1nc(Cl)c(C(=O)O)cc1C(F)F. The Morgan fingerprint density at radius 2 is 2.27 bits per heavy atom. The number of carbonyl (C=O) groups is 1. The summed E-state index contributed by atoms with van der Waals surface area (Å²) in [5, 5.41) is 16.6. The van der Waals surface area contributed by atoms with Crippen LogP contribution in [0.1, 0.15) is 28.0 Å². The average molecular weight is 233 g/mol. The van der Waals surface area contributed by atoms with Crippen LogP contribution in [0.25, 0.3) is 0 Å². The predicted molar refractivity (Wildman–Crippen MR) is 45.9 cm³/mol. The summed E-state index contributed by atoms with van der Waals surface area (Å²) in [4.78, 5) is 13.8. The normalized spacial score (nSPS) is 10.1. The first-order valence-electron chi connectivity index (χ1n) is 3.59. The van der Waals surface area contributed by atoms with Gasteiger partial charge in [-0.1, -0.05) is 11.6 Å². The molecular formula is C8H3ClF2N2O2. The van der Waals surface area contributed by atoms with E-state index in [1.807, 2.05) is 0 Å². The van der Waals surface area contributed by atoms with E-state index in [-0.39, 0.29) is 0 Å². The van der Waals surface area contributed by atoms with Crippen molar-refractivity contribution in [2.45, 2.75) is 6.43 Å². The zero-order valence-electron chi connectivity index (χ0n) is 7.04. The van der Waals surface area contributed by atoms with E-state index in [1.165, 1.54) is 6.07 Å². The standard InChI is InChI=1S/C8H3ClF2N2O2/c9-6-4(8(14)15)1-3(7(10)11)5(2-12)13-6/h1,7H,(H,14,15). The third kappa shape index (κ3) is 2.19. The lowest BCUT2D eigenvalue weighted by atomic mass is 10.1. The van der Waals surface area contributed by atoms with Crippen molar-refractivity contribution >= 4 is 17.6 Å². The number of aromatic carboxylic acids is 1. The molecule has 15 heavy (non-hydrogen) atoms. The van der Waals surface area contributed by atoms with Crippen LogP contribution in [0.4, 0.5) is 8.78 Å². The minimum absolute atomic E-state index is 0.483. The van der Waals surface area contributed by atoms with E-state index in [0.717, 1.165) is 0 Å². The largest absolute Gasteiger partial charge is 0.478 e. The van der Waals surface area contributed by atoms with Crippen molar-refractivity contribution in [2.75, 3.05) is 0 Å². The van der Waals surface area contributed by atoms with Crippen LogP contribution in [-0.4, -0.2) is 16.1 Å². The van der Waals surface area contributed by atoms with Crippen molar-refractivity contribution in [3.63, 3.8) is 0 Å². The van der Waals surface area contributed by atoms with Gasteiger partial charge in [0, 0.05) is 0 Å².